The zero-order valence-corrected chi connectivity index (χ0v) is 15.5. The van der Waals surface area contributed by atoms with Gasteiger partial charge < -0.3 is 19.7 Å². The highest BCUT2D eigenvalue weighted by molar-refractivity contribution is 5.75. The largest absolute Gasteiger partial charge is 0.462 e. The first kappa shape index (κ1) is 23.6. The van der Waals surface area contributed by atoms with Crippen LogP contribution < -0.4 is 4.74 Å². The quantitative estimate of drug-likeness (QED) is 0.650. The Morgan fingerprint density at radius 3 is 1.87 bits per heavy atom. The maximum absolute atomic E-state index is 11.5. The van der Waals surface area contributed by atoms with Crippen LogP contribution in [0.25, 0.3) is 0 Å². The third-order valence-corrected chi connectivity index (χ3v) is 2.93. The minimum atomic E-state index is -1.62. The van der Waals surface area contributed by atoms with Crippen molar-refractivity contribution in [2.24, 2.45) is 20.5 Å². The second-order valence-corrected chi connectivity index (χ2v) is 5.14. The number of hydrogen-bond acceptors (Lipinski definition) is 6. The number of amides is 4. The number of nitrogens with zero attached hydrogens (tertiary/aromatic N) is 4. The van der Waals surface area contributed by atoms with Crippen LogP contribution in [-0.2, 0) is 11.3 Å². The number of benzene rings is 2. The maximum Gasteiger partial charge on any atom is 0.458 e. The topological polar surface area (TPSA) is 177 Å². The predicted molar refractivity (Wildman–Crippen MR) is 99.6 cm³/mol. The Labute approximate surface area is 169 Å². The maximum atomic E-state index is 11.5. The van der Waals surface area contributed by atoms with Gasteiger partial charge in [-0.2, -0.15) is 0 Å². The van der Waals surface area contributed by atoms with Gasteiger partial charge in [0.15, 0.2) is 0 Å². The average Bonchev–Trinajstić information content (AvgIpc) is 2.72. The van der Waals surface area contributed by atoms with Gasteiger partial charge in [0.05, 0.1) is 0 Å². The molecule has 0 spiro atoms. The van der Waals surface area contributed by atoms with Crippen LogP contribution in [0.5, 0.6) is 5.75 Å². The molecule has 4 amide bonds. The summed E-state index contributed by atoms with van der Waals surface area (Å²) in [6.45, 7) is 1.85. The van der Waals surface area contributed by atoms with Gasteiger partial charge in [-0.25, -0.2) is 19.2 Å². The summed E-state index contributed by atoms with van der Waals surface area (Å²) in [5.74, 6) is 0.365. The number of para-hydroxylation sites is 1. The van der Waals surface area contributed by atoms with Gasteiger partial charge in [-0.05, 0) is 24.1 Å². The summed E-state index contributed by atoms with van der Waals surface area (Å²) in [6, 6.07) is 16.1. The van der Waals surface area contributed by atoms with Crippen LogP contribution in [-0.4, -0.2) is 34.6 Å². The molecule has 30 heavy (non-hydrogen) atoms. The minimum Gasteiger partial charge on any atom is -0.462 e. The molecule has 2 aromatic rings. The molecule has 12 heteroatoms. The molecular weight excluding hydrogens is 400 g/mol. The lowest BCUT2D eigenvalue weighted by atomic mass is 10.2. The molecule has 0 aromatic heterocycles. The van der Waals surface area contributed by atoms with Crippen molar-refractivity contribution in [1.29, 1.82) is 0 Å². The van der Waals surface area contributed by atoms with Gasteiger partial charge in [0.2, 0.25) is 0 Å². The molecule has 0 bridgehead atoms. The van der Waals surface area contributed by atoms with Gasteiger partial charge in [0.25, 0.3) is 0 Å². The van der Waals surface area contributed by atoms with Gasteiger partial charge in [-0.15, -0.1) is 0 Å². The molecule has 0 heterocycles. The fourth-order valence-electron chi connectivity index (χ4n) is 1.70. The molecule has 12 nitrogen and oxygen atoms in total. The smallest absolute Gasteiger partial charge is 0.458 e. The van der Waals surface area contributed by atoms with Crippen LogP contribution in [0.3, 0.4) is 0 Å². The van der Waals surface area contributed by atoms with E-state index < -0.39 is 24.4 Å². The summed E-state index contributed by atoms with van der Waals surface area (Å²) < 4.78 is 9.80. The molecule has 0 saturated carbocycles. The first-order valence-corrected chi connectivity index (χ1v) is 8.05. The van der Waals surface area contributed by atoms with Crippen LogP contribution in [0.2, 0.25) is 0 Å². The van der Waals surface area contributed by atoms with Crippen LogP contribution in [0.4, 0.5) is 19.2 Å². The van der Waals surface area contributed by atoms with E-state index in [-0.39, 0.29) is 6.61 Å². The van der Waals surface area contributed by atoms with E-state index in [9.17, 15) is 19.2 Å². The van der Waals surface area contributed by atoms with Crippen molar-refractivity contribution in [3.8, 4) is 5.75 Å². The normalized spacial score (nSPS) is 10.2. The summed E-state index contributed by atoms with van der Waals surface area (Å²) >= 11 is 0. The second kappa shape index (κ2) is 12.8. The molecule has 0 aliphatic heterocycles. The summed E-state index contributed by atoms with van der Waals surface area (Å²) in [4.78, 5) is 41.6. The molecule has 0 saturated heterocycles. The number of carbonyl (C=O) groups excluding carboxylic acids is 2. The van der Waals surface area contributed by atoms with Crippen molar-refractivity contribution in [1.82, 2.24) is 0 Å². The molecule has 2 N–H and O–H groups in total. The van der Waals surface area contributed by atoms with E-state index in [0.717, 1.165) is 11.1 Å². The Balaban J connectivity index is 0.000000479. The van der Waals surface area contributed by atoms with Crippen LogP contribution in [0.1, 0.15) is 11.1 Å². The van der Waals surface area contributed by atoms with E-state index in [1.165, 1.54) is 0 Å². The van der Waals surface area contributed by atoms with Gasteiger partial charge >= 0.3 is 24.4 Å². The summed E-state index contributed by atoms with van der Waals surface area (Å²) in [7, 11) is 0. The molecule has 0 atom stereocenters. The minimum absolute atomic E-state index is 0.0610. The second-order valence-electron chi connectivity index (χ2n) is 5.14. The molecule has 0 aliphatic carbocycles. The van der Waals surface area contributed by atoms with Crippen molar-refractivity contribution in [2.45, 2.75) is 13.5 Å². The monoisotopic (exact) mass is 416 g/mol. The van der Waals surface area contributed by atoms with E-state index in [0.29, 0.717) is 5.75 Å². The summed E-state index contributed by atoms with van der Waals surface area (Å²) in [6.07, 6.45) is -5.17. The van der Waals surface area contributed by atoms with Crippen LogP contribution in [0.15, 0.2) is 75.1 Å². The number of carbonyl (C=O) groups is 4. The van der Waals surface area contributed by atoms with Gasteiger partial charge in [0.1, 0.15) is 12.4 Å². The van der Waals surface area contributed by atoms with E-state index >= 15 is 0 Å². The molecule has 0 unspecified atom stereocenters. The van der Waals surface area contributed by atoms with Crippen LogP contribution >= 0.6 is 0 Å². The molecule has 0 aliphatic rings. The number of azo groups is 2. The molecule has 2 aromatic carbocycles. The fourth-order valence-corrected chi connectivity index (χ4v) is 1.70. The molecule has 0 radical (unpaired) electrons. The predicted octanol–water partition coefficient (Wildman–Crippen LogP) is 5.08. The van der Waals surface area contributed by atoms with Crippen molar-refractivity contribution in [3.05, 3.63) is 65.7 Å². The lowest BCUT2D eigenvalue weighted by Crippen LogP contribution is -2.04. The van der Waals surface area contributed by atoms with Crippen molar-refractivity contribution >= 4 is 24.4 Å². The molecule has 2 rings (SSSR count). The molecular formula is C18H16N4O8. The van der Waals surface area contributed by atoms with Gasteiger partial charge in [-0.3, -0.25) is 0 Å². The third-order valence-electron chi connectivity index (χ3n) is 2.93. The van der Waals surface area contributed by atoms with E-state index in [4.69, 9.17) is 19.7 Å². The number of rotatable bonds is 3. The zero-order valence-electron chi connectivity index (χ0n) is 15.5. The van der Waals surface area contributed by atoms with E-state index in [1.807, 2.05) is 24.3 Å². The average molecular weight is 416 g/mol. The third kappa shape index (κ3) is 10.6. The van der Waals surface area contributed by atoms with Crippen molar-refractivity contribution in [3.63, 3.8) is 0 Å². The number of aryl methyl sites for hydroxylation is 1. The highest BCUT2D eigenvalue weighted by atomic mass is 16.6. The van der Waals surface area contributed by atoms with Gasteiger partial charge in [0, 0.05) is 0 Å². The fraction of sp³-hybridized carbons (Fsp3) is 0.111. The number of carboxylic acid groups (broad SMARTS) is 2. The van der Waals surface area contributed by atoms with Crippen molar-refractivity contribution in [2.75, 3.05) is 0 Å². The number of ether oxygens (including phenoxy) is 2. The summed E-state index contributed by atoms with van der Waals surface area (Å²) in [5.41, 5.74) is 1.59. The lowest BCUT2D eigenvalue weighted by Gasteiger charge is -2.03. The highest BCUT2D eigenvalue weighted by Gasteiger charge is 2.07. The Morgan fingerprint density at radius 2 is 1.30 bits per heavy atom. The zero-order chi connectivity index (χ0) is 22.4. The Morgan fingerprint density at radius 1 is 0.767 bits per heavy atom. The molecule has 0 fully saturated rings. The number of hydrogen-bond donors (Lipinski definition) is 2. The van der Waals surface area contributed by atoms with E-state index in [1.54, 1.807) is 37.3 Å². The first-order chi connectivity index (χ1) is 14.3. The first-order valence-electron chi connectivity index (χ1n) is 8.05. The van der Waals surface area contributed by atoms with Crippen LogP contribution in [0, 0.1) is 6.92 Å². The Kier molecular flexibility index (Phi) is 10.1. The Bertz CT molecular complexity index is 928. The summed E-state index contributed by atoms with van der Waals surface area (Å²) in [5, 5.41) is 26.1. The van der Waals surface area contributed by atoms with Crippen molar-refractivity contribution < 1.29 is 38.9 Å². The molecule has 156 valence electrons. The standard InChI is InChI=1S/C16H14N2O4.C2H2N2O4/c1-12-7-5-6-10-14(12)22-16(20)18-17-15(19)21-11-13-8-3-2-4-9-13;5-1(6)3-4-2(7)8/h2-10H,11H2,1H3;(H,5,6)(H,7,8). The van der Waals surface area contributed by atoms with Gasteiger partial charge in [-0.1, -0.05) is 69.0 Å². The van der Waals surface area contributed by atoms with E-state index in [2.05, 4.69) is 20.5 Å². The Hall–Kier alpha value is -4.48. The lowest BCUT2D eigenvalue weighted by molar-refractivity contribution is 0.148. The highest BCUT2D eigenvalue weighted by Crippen LogP contribution is 2.16. The SMILES string of the molecule is Cc1ccccc1OC(=O)N=NC(=O)OCc1ccccc1.O=C(O)N=NC(=O)O.